The lowest BCUT2D eigenvalue weighted by atomic mass is 10.1. The van der Waals surface area contributed by atoms with E-state index in [0.717, 1.165) is 205 Å². The minimum absolute atomic E-state index is 0.0843. The molecule has 0 aliphatic carbocycles. The smallest absolute Gasteiger partial charge is 0.463 e. The van der Waals surface area contributed by atoms with Gasteiger partial charge in [0.1, 0.15) is 25.4 Å². The summed E-state index contributed by atoms with van der Waals surface area (Å²) in [5, 5.41) is 20.7. The molecule has 5 unspecified atom stereocenters. The number of aliphatic hydroxyl groups excluding tert-OH is 2. The van der Waals surface area contributed by atoms with Crippen LogP contribution in [0.4, 0.5) is 0 Å². The van der Waals surface area contributed by atoms with E-state index in [1.807, 2.05) is 0 Å². The van der Waals surface area contributed by atoms with Gasteiger partial charge in [-0.3, -0.25) is 32.5 Å². The van der Waals surface area contributed by atoms with Crippen molar-refractivity contribution in [3.05, 3.63) is 158 Å². The fourth-order valence-electron chi connectivity index (χ4n) is 10.5. The molecule has 18 heteroatoms. The fourth-order valence-corrected chi connectivity index (χ4v) is 12.1. The van der Waals surface area contributed by atoms with Crippen molar-refractivity contribution in [3.8, 4) is 0 Å². The molecule has 0 aromatic heterocycles. The summed E-state index contributed by atoms with van der Waals surface area (Å²) in [5.74, 6) is -1.61. The topological polar surface area (TPSA) is 231 Å². The number of phosphoric acid groups is 2. The molecule has 0 heterocycles. The maximum atomic E-state index is 13.0. The fraction of sp³-hybridized carbons (Fsp3) is 0.667. The van der Waals surface area contributed by atoms with Crippen LogP contribution in [-0.4, -0.2) is 95.9 Å². The molecular formula is C87H146O16P2. The Labute approximate surface area is 638 Å². The number of phosphoric ester groups is 2. The molecular weight excluding hydrogens is 1360 g/mol. The second kappa shape index (κ2) is 78.7. The molecule has 16 nitrogen and oxygen atoms in total. The van der Waals surface area contributed by atoms with Gasteiger partial charge in [0.25, 0.3) is 0 Å². The van der Waals surface area contributed by atoms with Crippen molar-refractivity contribution in [2.75, 3.05) is 39.6 Å². The standard InChI is InChI=1S/C87H146O16P2/c1-4-7-10-13-16-19-22-25-28-31-34-37-40-43-46-49-52-55-58-61-64-67-70-73-85(90)97-76-82(88)77-99-104(93,94)100-78-83(89)79-101-105(95,96)102-81-84(103-87(92)75-72-69-66-63-60-57-54-51-48-45-42-39-36-33-30-27-24-21-18-15-12-9-6-3)80-98-86(91)74-71-68-65-62-59-56-53-50-47-44-41-38-35-32-29-26-23-20-17-14-11-8-5-2/h7,10,16-21,25-30,34-39,43-48,82-84,88-89H,4-6,8-9,11-15,22-24,31-33,40-42,49-81H2,1-3H3,(H,93,94)(H,95,96)/b10-7-,19-16-,20-17-,21-18-,28-25-,29-26-,30-27-,37-34-,38-35-,39-36-,46-43-,47-44-,48-45-. The Balaban J connectivity index is 4.75. The molecule has 4 N–H and O–H groups in total. The van der Waals surface area contributed by atoms with E-state index < -0.39 is 91.5 Å². The highest BCUT2D eigenvalue weighted by Crippen LogP contribution is 2.45. The summed E-state index contributed by atoms with van der Waals surface area (Å²) in [6.45, 7) is 2.48. The van der Waals surface area contributed by atoms with Crippen molar-refractivity contribution in [2.45, 2.75) is 334 Å². The van der Waals surface area contributed by atoms with E-state index in [9.17, 15) is 43.5 Å². The monoisotopic (exact) mass is 1510 g/mol. The van der Waals surface area contributed by atoms with Crippen LogP contribution in [0.15, 0.2) is 158 Å². The van der Waals surface area contributed by atoms with Gasteiger partial charge >= 0.3 is 33.6 Å². The molecule has 0 bridgehead atoms. The maximum absolute atomic E-state index is 13.0. The number of hydrogen-bond donors (Lipinski definition) is 4. The maximum Gasteiger partial charge on any atom is 0.472 e. The molecule has 0 amide bonds. The molecule has 0 spiro atoms. The minimum Gasteiger partial charge on any atom is -0.463 e. The molecule has 0 saturated carbocycles. The summed E-state index contributed by atoms with van der Waals surface area (Å²) in [7, 11) is -9.82. The lowest BCUT2D eigenvalue weighted by Gasteiger charge is -2.21. The molecule has 0 rings (SSSR count). The number of aliphatic hydroxyl groups is 2. The van der Waals surface area contributed by atoms with Crippen molar-refractivity contribution < 1.29 is 75.8 Å². The van der Waals surface area contributed by atoms with Crippen LogP contribution in [0.5, 0.6) is 0 Å². The van der Waals surface area contributed by atoms with Crippen LogP contribution in [-0.2, 0) is 55.8 Å². The molecule has 0 aromatic carbocycles. The van der Waals surface area contributed by atoms with E-state index in [4.69, 9.17) is 32.3 Å². The molecule has 0 aromatic rings. The number of allylic oxidation sites excluding steroid dienone is 26. The summed E-state index contributed by atoms with van der Waals surface area (Å²) in [5.41, 5.74) is 0. The van der Waals surface area contributed by atoms with Crippen LogP contribution in [0.3, 0.4) is 0 Å². The first-order valence-corrected chi connectivity index (χ1v) is 43.8. The predicted molar refractivity (Wildman–Crippen MR) is 435 cm³/mol. The molecule has 0 radical (unpaired) electrons. The van der Waals surface area contributed by atoms with Gasteiger partial charge in [-0.15, -0.1) is 0 Å². The molecule has 0 saturated heterocycles. The van der Waals surface area contributed by atoms with E-state index in [1.165, 1.54) is 51.4 Å². The quantitative estimate of drug-likeness (QED) is 0.0146. The predicted octanol–water partition coefficient (Wildman–Crippen LogP) is 24.2. The Hall–Kier alpha value is -4.83. The zero-order valence-corrected chi connectivity index (χ0v) is 67.4. The number of esters is 3. The lowest BCUT2D eigenvalue weighted by Crippen LogP contribution is -2.30. The normalized spacial score (nSPS) is 14.8. The molecule has 105 heavy (non-hydrogen) atoms. The SMILES string of the molecule is CC/C=C\C/C=C\C/C=C\C/C=C\C/C=C\CCCCCCCCCC(=O)OCC(O)COP(=O)(O)OCC(O)COP(=O)(O)OCC(COC(=O)CCCCCCCCC/C=C\C/C=C\C/C=C\C/C=C\CCCCC)OC(=O)CCCCCCCCC/C=C\C/C=C\C/C=C\C/C=C\CCCCC. The second-order valence-corrected chi connectivity index (χ2v) is 29.7. The van der Waals surface area contributed by atoms with Gasteiger partial charge < -0.3 is 34.2 Å². The van der Waals surface area contributed by atoms with Gasteiger partial charge in [0, 0.05) is 19.3 Å². The Morgan fingerprint density at radius 2 is 0.505 bits per heavy atom. The Kier molecular flexibility index (Phi) is 75.1. The molecule has 0 fully saturated rings. The molecule has 5 atom stereocenters. The third kappa shape index (κ3) is 80.0. The van der Waals surface area contributed by atoms with Crippen LogP contribution < -0.4 is 0 Å². The summed E-state index contributed by atoms with van der Waals surface area (Å²) < 4.78 is 61.3. The summed E-state index contributed by atoms with van der Waals surface area (Å²) in [4.78, 5) is 58.8. The average molecular weight is 1510 g/mol. The second-order valence-electron chi connectivity index (χ2n) is 26.8. The molecule has 0 aliphatic rings. The first-order valence-electron chi connectivity index (χ1n) is 40.8. The zero-order chi connectivity index (χ0) is 76.6. The van der Waals surface area contributed by atoms with Gasteiger partial charge in [-0.1, -0.05) is 301 Å². The van der Waals surface area contributed by atoms with Gasteiger partial charge in [-0.25, -0.2) is 9.13 Å². The van der Waals surface area contributed by atoms with Crippen molar-refractivity contribution in [2.24, 2.45) is 0 Å². The van der Waals surface area contributed by atoms with E-state index >= 15 is 0 Å². The number of rotatable bonds is 76. The van der Waals surface area contributed by atoms with Gasteiger partial charge in [0.15, 0.2) is 6.10 Å². The number of ether oxygens (including phenoxy) is 3. The summed E-state index contributed by atoms with van der Waals surface area (Å²) >= 11 is 0. The van der Waals surface area contributed by atoms with Gasteiger partial charge in [0.05, 0.1) is 26.4 Å². The largest absolute Gasteiger partial charge is 0.472 e. The van der Waals surface area contributed by atoms with Crippen molar-refractivity contribution in [1.82, 2.24) is 0 Å². The molecule has 600 valence electrons. The van der Waals surface area contributed by atoms with Crippen LogP contribution >= 0.6 is 15.6 Å². The highest BCUT2D eigenvalue weighted by atomic mass is 31.2. The minimum atomic E-state index is -4.95. The number of carbonyl (C=O) groups excluding carboxylic acids is 3. The van der Waals surface area contributed by atoms with E-state index in [-0.39, 0.29) is 19.3 Å². The van der Waals surface area contributed by atoms with Gasteiger partial charge in [0.2, 0.25) is 0 Å². The highest BCUT2D eigenvalue weighted by molar-refractivity contribution is 7.47. The van der Waals surface area contributed by atoms with Crippen LogP contribution in [0.1, 0.15) is 316 Å². The first kappa shape index (κ1) is 100. The zero-order valence-electron chi connectivity index (χ0n) is 65.6. The Morgan fingerprint density at radius 3 is 0.800 bits per heavy atom. The van der Waals surface area contributed by atoms with E-state index in [2.05, 4.69) is 179 Å². The van der Waals surface area contributed by atoms with Crippen molar-refractivity contribution >= 4 is 33.6 Å². The lowest BCUT2D eigenvalue weighted by molar-refractivity contribution is -0.161. The van der Waals surface area contributed by atoms with E-state index in [1.54, 1.807) is 0 Å². The summed E-state index contributed by atoms with van der Waals surface area (Å²) in [6.07, 6.45) is 98.3. The van der Waals surface area contributed by atoms with Crippen LogP contribution in [0.25, 0.3) is 0 Å². The Morgan fingerprint density at radius 1 is 0.276 bits per heavy atom. The van der Waals surface area contributed by atoms with Crippen molar-refractivity contribution in [1.29, 1.82) is 0 Å². The van der Waals surface area contributed by atoms with Crippen molar-refractivity contribution in [3.63, 3.8) is 0 Å². The molecule has 0 aliphatic heterocycles. The average Bonchev–Trinajstić information content (AvgIpc) is 0.962. The van der Waals surface area contributed by atoms with E-state index in [0.29, 0.717) is 19.3 Å². The number of unbranched alkanes of at least 4 members (excludes halogenated alkanes) is 27. The van der Waals surface area contributed by atoms with Crippen LogP contribution in [0, 0.1) is 0 Å². The van der Waals surface area contributed by atoms with Gasteiger partial charge in [-0.05, 0) is 154 Å². The first-order chi connectivity index (χ1) is 51.2. The highest BCUT2D eigenvalue weighted by Gasteiger charge is 2.29. The third-order valence-corrected chi connectivity index (χ3v) is 18.6. The van der Waals surface area contributed by atoms with Crippen LogP contribution in [0.2, 0.25) is 0 Å². The summed E-state index contributed by atoms with van der Waals surface area (Å²) in [6, 6.07) is 0. The number of hydrogen-bond acceptors (Lipinski definition) is 14. The van der Waals surface area contributed by atoms with Gasteiger partial charge in [-0.2, -0.15) is 0 Å². The number of carbonyl (C=O) groups is 3. The third-order valence-electron chi connectivity index (χ3n) is 16.7. The Bertz CT molecular complexity index is 2540.